The summed E-state index contributed by atoms with van der Waals surface area (Å²) >= 11 is 6.88. The molecule has 2 rings (SSSR count). The molecule has 0 unspecified atom stereocenters. The summed E-state index contributed by atoms with van der Waals surface area (Å²) in [5, 5.41) is 3.19. The molecule has 0 aliphatic rings. The summed E-state index contributed by atoms with van der Waals surface area (Å²) in [5.41, 5.74) is 6.55. The van der Waals surface area contributed by atoms with Crippen LogP contribution in [0.15, 0.2) is 45.3 Å². The third-order valence-electron chi connectivity index (χ3n) is 1.96. The molecule has 16 heavy (non-hydrogen) atoms. The number of hydrogen-bond acceptors (Lipinski definition) is 3. The van der Waals surface area contributed by atoms with Crippen LogP contribution in [0.3, 0.4) is 0 Å². The number of nitrogens with zero attached hydrogens (tertiary/aromatic N) is 1. The Morgan fingerprint density at radius 3 is 2.69 bits per heavy atom. The van der Waals surface area contributed by atoms with Crippen LogP contribution in [-0.2, 0) is 0 Å². The summed E-state index contributed by atoms with van der Waals surface area (Å²) in [7, 11) is 0. The molecule has 82 valence electrons. The lowest BCUT2D eigenvalue weighted by Crippen LogP contribution is -1.97. The molecule has 0 saturated carbocycles. The van der Waals surface area contributed by atoms with Crippen molar-refractivity contribution >= 4 is 49.2 Å². The van der Waals surface area contributed by atoms with Gasteiger partial charge in [0.25, 0.3) is 0 Å². The minimum absolute atomic E-state index is 0.496. The van der Waals surface area contributed by atoms with Crippen LogP contribution in [0.4, 0.5) is 17.3 Å². The number of nitrogen functional groups attached to an aromatic ring is 1. The predicted octanol–water partition coefficient (Wildman–Crippen LogP) is 3.93. The lowest BCUT2D eigenvalue weighted by Gasteiger charge is -2.08. The highest BCUT2D eigenvalue weighted by Crippen LogP contribution is 2.28. The molecule has 0 radical (unpaired) electrons. The molecule has 3 nitrogen and oxygen atoms in total. The number of aromatic nitrogens is 1. The van der Waals surface area contributed by atoms with Gasteiger partial charge in [0.1, 0.15) is 11.6 Å². The lowest BCUT2D eigenvalue weighted by atomic mass is 10.3. The predicted molar refractivity (Wildman–Crippen MR) is 73.8 cm³/mol. The second-order valence-electron chi connectivity index (χ2n) is 3.20. The van der Waals surface area contributed by atoms with Crippen molar-refractivity contribution in [2.45, 2.75) is 0 Å². The van der Waals surface area contributed by atoms with Crippen LogP contribution < -0.4 is 11.1 Å². The summed E-state index contributed by atoms with van der Waals surface area (Å²) in [6.45, 7) is 0. The lowest BCUT2D eigenvalue weighted by molar-refractivity contribution is 1.31. The Hall–Kier alpha value is -1.07. The first-order chi connectivity index (χ1) is 7.65. The SMILES string of the molecule is Nc1cccc(Nc2cc(Br)ccc2Br)n1. The maximum Gasteiger partial charge on any atom is 0.132 e. The van der Waals surface area contributed by atoms with Crippen LogP contribution in [0.5, 0.6) is 0 Å². The van der Waals surface area contributed by atoms with Gasteiger partial charge in [0.15, 0.2) is 0 Å². The Kier molecular flexibility index (Phi) is 3.46. The van der Waals surface area contributed by atoms with Crippen molar-refractivity contribution in [3.8, 4) is 0 Å². The minimum atomic E-state index is 0.496. The molecule has 0 fully saturated rings. The Morgan fingerprint density at radius 2 is 1.94 bits per heavy atom. The van der Waals surface area contributed by atoms with Gasteiger partial charge in [-0.15, -0.1) is 0 Å². The first-order valence-corrected chi connectivity index (χ1v) is 6.18. The Labute approximate surface area is 110 Å². The summed E-state index contributed by atoms with van der Waals surface area (Å²) in [6, 6.07) is 11.4. The van der Waals surface area contributed by atoms with E-state index in [-0.39, 0.29) is 0 Å². The molecule has 0 bridgehead atoms. The van der Waals surface area contributed by atoms with Crippen LogP contribution in [0.1, 0.15) is 0 Å². The maximum absolute atomic E-state index is 5.61. The molecule has 0 aliphatic heterocycles. The number of halogens is 2. The van der Waals surface area contributed by atoms with E-state index in [1.54, 1.807) is 6.07 Å². The average Bonchev–Trinajstić information content (AvgIpc) is 2.24. The Bertz CT molecular complexity index is 514. The third-order valence-corrected chi connectivity index (χ3v) is 3.15. The first-order valence-electron chi connectivity index (χ1n) is 4.60. The molecule has 5 heteroatoms. The number of nitrogens with one attached hydrogen (secondary N) is 1. The highest BCUT2D eigenvalue weighted by atomic mass is 79.9. The molecule has 0 spiro atoms. The number of nitrogens with two attached hydrogens (primary N) is 1. The minimum Gasteiger partial charge on any atom is -0.384 e. The summed E-state index contributed by atoms with van der Waals surface area (Å²) in [5.74, 6) is 1.22. The number of rotatable bonds is 2. The zero-order valence-electron chi connectivity index (χ0n) is 8.24. The van der Waals surface area contributed by atoms with E-state index in [1.807, 2.05) is 30.3 Å². The summed E-state index contributed by atoms with van der Waals surface area (Å²) < 4.78 is 1.97. The quantitative estimate of drug-likeness (QED) is 0.869. The van der Waals surface area contributed by atoms with E-state index in [4.69, 9.17) is 5.73 Å². The summed E-state index contributed by atoms with van der Waals surface area (Å²) in [4.78, 5) is 4.17. The van der Waals surface area contributed by atoms with Gasteiger partial charge in [-0.1, -0.05) is 22.0 Å². The zero-order valence-corrected chi connectivity index (χ0v) is 11.4. The summed E-state index contributed by atoms with van der Waals surface area (Å²) in [6.07, 6.45) is 0. The van der Waals surface area contributed by atoms with Crippen LogP contribution in [-0.4, -0.2) is 4.98 Å². The van der Waals surface area contributed by atoms with Gasteiger partial charge in [-0.25, -0.2) is 4.98 Å². The van der Waals surface area contributed by atoms with Crippen molar-refractivity contribution in [2.24, 2.45) is 0 Å². The van der Waals surface area contributed by atoms with Crippen molar-refractivity contribution in [1.29, 1.82) is 0 Å². The largest absolute Gasteiger partial charge is 0.384 e. The Balaban J connectivity index is 2.30. The second-order valence-corrected chi connectivity index (χ2v) is 4.97. The fourth-order valence-corrected chi connectivity index (χ4v) is 1.96. The van der Waals surface area contributed by atoms with Crippen molar-refractivity contribution in [2.75, 3.05) is 11.1 Å². The number of anilines is 3. The smallest absolute Gasteiger partial charge is 0.132 e. The fraction of sp³-hybridized carbons (Fsp3) is 0. The molecule has 2 aromatic rings. The van der Waals surface area contributed by atoms with Gasteiger partial charge in [-0.2, -0.15) is 0 Å². The van der Waals surface area contributed by atoms with Crippen molar-refractivity contribution < 1.29 is 0 Å². The molecule has 0 saturated heterocycles. The van der Waals surface area contributed by atoms with Crippen LogP contribution in [0.2, 0.25) is 0 Å². The molecule has 1 heterocycles. The second kappa shape index (κ2) is 4.84. The molecule has 0 aliphatic carbocycles. The van der Waals surface area contributed by atoms with Crippen molar-refractivity contribution in [3.05, 3.63) is 45.3 Å². The van der Waals surface area contributed by atoms with Gasteiger partial charge in [-0.3, -0.25) is 0 Å². The first kappa shape index (κ1) is 11.4. The van der Waals surface area contributed by atoms with E-state index in [1.165, 1.54) is 0 Å². The van der Waals surface area contributed by atoms with Crippen LogP contribution >= 0.6 is 31.9 Å². The van der Waals surface area contributed by atoms with Gasteiger partial charge in [0, 0.05) is 8.95 Å². The van der Waals surface area contributed by atoms with E-state index in [0.717, 1.165) is 20.5 Å². The highest BCUT2D eigenvalue weighted by molar-refractivity contribution is 9.11. The molecule has 1 aromatic carbocycles. The molecular formula is C11H9Br2N3. The number of hydrogen-bond donors (Lipinski definition) is 2. The maximum atomic E-state index is 5.61. The van der Waals surface area contributed by atoms with Gasteiger partial charge >= 0.3 is 0 Å². The number of benzene rings is 1. The molecule has 1 aromatic heterocycles. The van der Waals surface area contributed by atoms with E-state index in [0.29, 0.717) is 5.82 Å². The van der Waals surface area contributed by atoms with Crippen LogP contribution in [0, 0.1) is 0 Å². The molecule has 0 amide bonds. The average molecular weight is 343 g/mol. The van der Waals surface area contributed by atoms with E-state index in [9.17, 15) is 0 Å². The normalized spacial score (nSPS) is 10.1. The van der Waals surface area contributed by atoms with Gasteiger partial charge in [0.05, 0.1) is 5.69 Å². The topological polar surface area (TPSA) is 50.9 Å². The Morgan fingerprint density at radius 1 is 1.12 bits per heavy atom. The van der Waals surface area contributed by atoms with Crippen LogP contribution in [0.25, 0.3) is 0 Å². The van der Waals surface area contributed by atoms with Gasteiger partial charge in [-0.05, 0) is 46.3 Å². The van der Waals surface area contributed by atoms with E-state index in [2.05, 4.69) is 42.2 Å². The number of pyridine rings is 1. The van der Waals surface area contributed by atoms with E-state index >= 15 is 0 Å². The molecule has 3 N–H and O–H groups in total. The standard InChI is InChI=1S/C11H9Br2N3/c12-7-4-5-8(13)9(6-7)15-11-3-1-2-10(14)16-11/h1-6H,(H3,14,15,16). The van der Waals surface area contributed by atoms with E-state index < -0.39 is 0 Å². The fourth-order valence-electron chi connectivity index (χ4n) is 1.25. The highest BCUT2D eigenvalue weighted by Gasteiger charge is 2.02. The van der Waals surface area contributed by atoms with Crippen molar-refractivity contribution in [1.82, 2.24) is 4.98 Å². The van der Waals surface area contributed by atoms with Gasteiger partial charge in [0.2, 0.25) is 0 Å². The molecule has 0 atom stereocenters. The third kappa shape index (κ3) is 2.74. The van der Waals surface area contributed by atoms with Gasteiger partial charge < -0.3 is 11.1 Å². The monoisotopic (exact) mass is 341 g/mol. The zero-order chi connectivity index (χ0) is 11.5. The van der Waals surface area contributed by atoms with Crippen molar-refractivity contribution in [3.63, 3.8) is 0 Å². The molecular weight excluding hydrogens is 334 g/mol.